The molecule has 1 fully saturated rings. The maximum absolute atomic E-state index is 12.0. The first-order valence-corrected chi connectivity index (χ1v) is 7.56. The molecule has 20 heavy (non-hydrogen) atoms. The average Bonchev–Trinajstić information content (AvgIpc) is 2.38. The number of rotatable bonds is 6. The van der Waals surface area contributed by atoms with E-state index in [1.807, 2.05) is 6.92 Å². The van der Waals surface area contributed by atoms with Crippen molar-refractivity contribution in [3.8, 4) is 0 Å². The Morgan fingerprint density at radius 1 is 1.25 bits per heavy atom. The fourth-order valence-corrected chi connectivity index (χ4v) is 2.52. The van der Waals surface area contributed by atoms with Gasteiger partial charge in [0.25, 0.3) is 0 Å². The molecule has 0 bridgehead atoms. The number of carbonyl (C=O) groups is 2. The van der Waals surface area contributed by atoms with Gasteiger partial charge in [-0.05, 0) is 33.6 Å². The van der Waals surface area contributed by atoms with Crippen LogP contribution in [-0.2, 0) is 9.59 Å². The second-order valence-corrected chi connectivity index (χ2v) is 6.54. The molecule has 5 heteroatoms. The van der Waals surface area contributed by atoms with Crippen molar-refractivity contribution in [2.75, 3.05) is 6.61 Å². The van der Waals surface area contributed by atoms with Crippen molar-refractivity contribution in [1.82, 2.24) is 10.6 Å². The van der Waals surface area contributed by atoms with E-state index in [4.69, 9.17) is 5.11 Å². The number of aliphatic hydroxyl groups excluding tert-OH is 1. The number of nitrogens with one attached hydrogen (secondary N) is 2. The van der Waals surface area contributed by atoms with Crippen LogP contribution in [0, 0.1) is 5.92 Å². The molecule has 3 N–H and O–H groups in total. The first-order chi connectivity index (χ1) is 9.34. The maximum Gasteiger partial charge on any atom is 0.223 e. The second-order valence-electron chi connectivity index (χ2n) is 6.54. The highest BCUT2D eigenvalue weighted by Gasteiger charge is 2.24. The first-order valence-electron chi connectivity index (χ1n) is 7.56. The maximum atomic E-state index is 12.0. The molecule has 0 heterocycles. The van der Waals surface area contributed by atoms with E-state index in [9.17, 15) is 9.59 Å². The molecule has 0 aliphatic heterocycles. The van der Waals surface area contributed by atoms with Crippen LogP contribution in [0.15, 0.2) is 0 Å². The van der Waals surface area contributed by atoms with Crippen LogP contribution in [0.1, 0.15) is 59.3 Å². The molecular formula is C15H28N2O3. The van der Waals surface area contributed by atoms with Gasteiger partial charge in [0, 0.05) is 18.4 Å². The summed E-state index contributed by atoms with van der Waals surface area (Å²) < 4.78 is 0. The molecule has 1 aliphatic carbocycles. The number of amides is 2. The van der Waals surface area contributed by atoms with Crippen molar-refractivity contribution in [2.24, 2.45) is 5.92 Å². The van der Waals surface area contributed by atoms with E-state index in [0.717, 1.165) is 25.7 Å². The SMILES string of the molecule is C[C@H](CC(=O)NC(C)(C)CO)NC(=O)C1CCCCC1. The van der Waals surface area contributed by atoms with Gasteiger partial charge in [0.15, 0.2) is 0 Å². The molecule has 2 amide bonds. The summed E-state index contributed by atoms with van der Waals surface area (Å²) in [5.74, 6) is 0.0371. The summed E-state index contributed by atoms with van der Waals surface area (Å²) in [5, 5.41) is 14.8. The minimum absolute atomic E-state index is 0.0754. The van der Waals surface area contributed by atoms with E-state index in [1.54, 1.807) is 13.8 Å². The van der Waals surface area contributed by atoms with Gasteiger partial charge in [-0.25, -0.2) is 0 Å². The molecule has 0 saturated heterocycles. The van der Waals surface area contributed by atoms with Crippen molar-refractivity contribution < 1.29 is 14.7 Å². The number of carbonyl (C=O) groups excluding carboxylic acids is 2. The Balaban J connectivity index is 2.33. The fourth-order valence-electron chi connectivity index (χ4n) is 2.52. The number of hydrogen-bond donors (Lipinski definition) is 3. The van der Waals surface area contributed by atoms with E-state index in [2.05, 4.69) is 10.6 Å². The molecule has 0 radical (unpaired) electrons. The van der Waals surface area contributed by atoms with Gasteiger partial charge in [-0.1, -0.05) is 19.3 Å². The van der Waals surface area contributed by atoms with Crippen LogP contribution >= 0.6 is 0 Å². The van der Waals surface area contributed by atoms with Crippen LogP contribution in [-0.4, -0.2) is 35.1 Å². The van der Waals surface area contributed by atoms with Gasteiger partial charge in [-0.2, -0.15) is 0 Å². The van der Waals surface area contributed by atoms with Crippen LogP contribution < -0.4 is 10.6 Å². The summed E-state index contributed by atoms with van der Waals surface area (Å²) in [6.45, 7) is 5.25. The highest BCUT2D eigenvalue weighted by molar-refractivity contribution is 5.81. The van der Waals surface area contributed by atoms with Crippen molar-refractivity contribution >= 4 is 11.8 Å². The topological polar surface area (TPSA) is 78.4 Å². The van der Waals surface area contributed by atoms with Crippen LogP contribution in [0.2, 0.25) is 0 Å². The first kappa shape index (κ1) is 17.0. The molecule has 1 rings (SSSR count). The van der Waals surface area contributed by atoms with Crippen LogP contribution in [0.25, 0.3) is 0 Å². The zero-order valence-electron chi connectivity index (χ0n) is 12.9. The van der Waals surface area contributed by atoms with Gasteiger partial charge < -0.3 is 15.7 Å². The van der Waals surface area contributed by atoms with E-state index in [1.165, 1.54) is 6.42 Å². The zero-order chi connectivity index (χ0) is 15.2. The summed E-state index contributed by atoms with van der Waals surface area (Å²) in [7, 11) is 0. The third-order valence-corrected chi connectivity index (χ3v) is 3.73. The highest BCUT2D eigenvalue weighted by Crippen LogP contribution is 2.23. The number of aliphatic hydroxyl groups is 1. The highest BCUT2D eigenvalue weighted by atomic mass is 16.3. The third kappa shape index (κ3) is 5.90. The standard InChI is InChI=1S/C15H28N2O3/c1-11(9-13(19)17-15(2,3)10-18)16-14(20)12-7-5-4-6-8-12/h11-12,18H,4-10H2,1-3H3,(H,16,20)(H,17,19)/t11-/m1/s1. The van der Waals surface area contributed by atoms with E-state index >= 15 is 0 Å². The van der Waals surface area contributed by atoms with Crippen molar-refractivity contribution in [2.45, 2.75) is 70.9 Å². The summed E-state index contributed by atoms with van der Waals surface area (Å²) in [6.07, 6.45) is 5.62. The lowest BCUT2D eigenvalue weighted by Gasteiger charge is -2.26. The predicted molar refractivity (Wildman–Crippen MR) is 78.1 cm³/mol. The van der Waals surface area contributed by atoms with Gasteiger partial charge in [0.2, 0.25) is 11.8 Å². The fraction of sp³-hybridized carbons (Fsp3) is 0.867. The molecule has 1 atom stereocenters. The van der Waals surface area contributed by atoms with Crippen molar-refractivity contribution in [3.63, 3.8) is 0 Å². The molecule has 0 aromatic rings. The Morgan fingerprint density at radius 2 is 1.85 bits per heavy atom. The lowest BCUT2D eigenvalue weighted by molar-refractivity contribution is -0.127. The lowest BCUT2D eigenvalue weighted by atomic mass is 9.88. The zero-order valence-corrected chi connectivity index (χ0v) is 12.9. The molecule has 5 nitrogen and oxygen atoms in total. The molecule has 0 aromatic heterocycles. The Hall–Kier alpha value is -1.10. The van der Waals surface area contributed by atoms with Crippen molar-refractivity contribution in [1.29, 1.82) is 0 Å². The van der Waals surface area contributed by atoms with E-state index in [0.29, 0.717) is 0 Å². The Kier molecular flexibility index (Phi) is 6.46. The predicted octanol–water partition coefficient (Wildman–Crippen LogP) is 1.35. The van der Waals surface area contributed by atoms with Crippen LogP contribution in [0.3, 0.4) is 0 Å². The second kappa shape index (κ2) is 7.62. The minimum Gasteiger partial charge on any atom is -0.394 e. The Morgan fingerprint density at radius 3 is 2.40 bits per heavy atom. The summed E-state index contributed by atoms with van der Waals surface area (Å²) >= 11 is 0. The third-order valence-electron chi connectivity index (χ3n) is 3.73. The Labute approximate surface area is 121 Å². The van der Waals surface area contributed by atoms with Gasteiger partial charge in [0.1, 0.15) is 0 Å². The monoisotopic (exact) mass is 284 g/mol. The molecule has 1 saturated carbocycles. The molecule has 0 spiro atoms. The Bertz CT molecular complexity index is 336. The van der Waals surface area contributed by atoms with Gasteiger partial charge >= 0.3 is 0 Å². The summed E-state index contributed by atoms with van der Waals surface area (Å²) in [5.41, 5.74) is -0.621. The molecular weight excluding hydrogens is 256 g/mol. The largest absolute Gasteiger partial charge is 0.394 e. The lowest BCUT2D eigenvalue weighted by Crippen LogP contribution is -2.48. The average molecular weight is 284 g/mol. The quantitative estimate of drug-likeness (QED) is 0.689. The molecule has 0 unspecified atom stereocenters. The molecule has 116 valence electrons. The summed E-state index contributed by atoms with van der Waals surface area (Å²) in [6, 6.07) is -0.182. The van der Waals surface area contributed by atoms with E-state index in [-0.39, 0.29) is 36.8 Å². The van der Waals surface area contributed by atoms with Crippen LogP contribution in [0.5, 0.6) is 0 Å². The van der Waals surface area contributed by atoms with Gasteiger partial charge in [-0.3, -0.25) is 9.59 Å². The molecule has 0 aromatic carbocycles. The smallest absolute Gasteiger partial charge is 0.223 e. The molecule has 1 aliphatic rings. The van der Waals surface area contributed by atoms with Crippen LogP contribution in [0.4, 0.5) is 0 Å². The van der Waals surface area contributed by atoms with Gasteiger partial charge in [0.05, 0.1) is 12.1 Å². The van der Waals surface area contributed by atoms with E-state index < -0.39 is 5.54 Å². The number of hydrogen-bond acceptors (Lipinski definition) is 3. The van der Waals surface area contributed by atoms with Gasteiger partial charge in [-0.15, -0.1) is 0 Å². The normalized spacial score (nSPS) is 18.4. The minimum atomic E-state index is -0.621. The van der Waals surface area contributed by atoms with Crippen molar-refractivity contribution in [3.05, 3.63) is 0 Å². The summed E-state index contributed by atoms with van der Waals surface area (Å²) in [4.78, 5) is 23.9.